The summed E-state index contributed by atoms with van der Waals surface area (Å²) in [6.45, 7) is 6.44. The Bertz CT molecular complexity index is 469. The van der Waals surface area contributed by atoms with E-state index in [0.29, 0.717) is 6.54 Å². The fourth-order valence-electron chi connectivity index (χ4n) is 1.87. The second-order valence-electron chi connectivity index (χ2n) is 4.95. The van der Waals surface area contributed by atoms with Crippen LogP contribution in [0.4, 0.5) is 5.69 Å². The molecule has 1 aromatic carbocycles. The van der Waals surface area contributed by atoms with Gasteiger partial charge in [-0.3, -0.25) is 0 Å². The number of allylic oxidation sites excluding steroid dienone is 2. The van der Waals surface area contributed by atoms with Gasteiger partial charge >= 0.3 is 0 Å². The van der Waals surface area contributed by atoms with Gasteiger partial charge in [0.25, 0.3) is 0 Å². The molecule has 0 spiro atoms. The van der Waals surface area contributed by atoms with Gasteiger partial charge in [0.2, 0.25) is 0 Å². The number of rotatable bonds is 8. The van der Waals surface area contributed by atoms with Crippen LogP contribution in [0, 0.1) is 6.92 Å². The maximum Gasteiger partial charge on any atom is 0.136 e. The SMILES string of the molecule is C=C/C=C\c1cccc(NC)c1C.NCCCCC(N)C=O. The number of carbonyl (C=O) groups is 1. The zero-order valence-corrected chi connectivity index (χ0v) is 13.7. The van der Waals surface area contributed by atoms with Crippen LogP contribution in [0.3, 0.4) is 0 Å². The van der Waals surface area contributed by atoms with Crippen LogP contribution in [-0.2, 0) is 4.79 Å². The highest BCUT2D eigenvalue weighted by molar-refractivity contribution is 5.64. The van der Waals surface area contributed by atoms with Gasteiger partial charge in [-0.2, -0.15) is 0 Å². The van der Waals surface area contributed by atoms with Crippen molar-refractivity contribution < 1.29 is 4.79 Å². The first-order valence-corrected chi connectivity index (χ1v) is 7.58. The van der Waals surface area contributed by atoms with Crippen molar-refractivity contribution in [1.82, 2.24) is 0 Å². The minimum absolute atomic E-state index is 0.281. The van der Waals surface area contributed by atoms with Crippen LogP contribution in [0.25, 0.3) is 6.08 Å². The van der Waals surface area contributed by atoms with Crippen molar-refractivity contribution in [3.8, 4) is 0 Å². The molecule has 22 heavy (non-hydrogen) atoms. The minimum atomic E-state index is -0.281. The molecule has 0 radical (unpaired) electrons. The van der Waals surface area contributed by atoms with E-state index in [-0.39, 0.29) is 6.04 Å². The van der Waals surface area contributed by atoms with Crippen molar-refractivity contribution in [2.75, 3.05) is 18.9 Å². The van der Waals surface area contributed by atoms with Gasteiger partial charge in [0, 0.05) is 12.7 Å². The summed E-state index contributed by atoms with van der Waals surface area (Å²) in [6, 6.07) is 5.93. The van der Waals surface area contributed by atoms with Crippen LogP contribution >= 0.6 is 0 Å². The van der Waals surface area contributed by atoms with Crippen molar-refractivity contribution in [2.45, 2.75) is 32.2 Å². The smallest absolute Gasteiger partial charge is 0.136 e. The first-order valence-electron chi connectivity index (χ1n) is 7.58. The lowest BCUT2D eigenvalue weighted by atomic mass is 10.1. The van der Waals surface area contributed by atoms with Gasteiger partial charge in [0.1, 0.15) is 6.29 Å². The molecular weight excluding hydrogens is 274 g/mol. The molecule has 0 aromatic heterocycles. The Morgan fingerprint density at radius 3 is 2.64 bits per heavy atom. The summed E-state index contributed by atoms with van der Waals surface area (Å²) in [5, 5.41) is 3.15. The number of hydrogen-bond acceptors (Lipinski definition) is 4. The molecule has 5 N–H and O–H groups in total. The van der Waals surface area contributed by atoms with E-state index >= 15 is 0 Å². The Kier molecular flexibility index (Phi) is 11.7. The lowest BCUT2D eigenvalue weighted by Crippen LogP contribution is -2.21. The number of hydrogen-bond donors (Lipinski definition) is 3. The highest BCUT2D eigenvalue weighted by Gasteiger charge is 1.98. The van der Waals surface area contributed by atoms with E-state index in [9.17, 15) is 4.79 Å². The molecule has 122 valence electrons. The summed E-state index contributed by atoms with van der Waals surface area (Å²) in [7, 11) is 1.93. The molecule has 1 aromatic rings. The second-order valence-corrected chi connectivity index (χ2v) is 4.95. The van der Waals surface area contributed by atoms with Crippen LogP contribution < -0.4 is 16.8 Å². The molecule has 1 atom stereocenters. The molecule has 1 unspecified atom stereocenters. The van der Waals surface area contributed by atoms with Crippen molar-refractivity contribution >= 4 is 18.0 Å². The Balaban J connectivity index is 0.000000433. The van der Waals surface area contributed by atoms with E-state index in [1.165, 1.54) is 16.8 Å². The molecule has 0 aliphatic heterocycles. The largest absolute Gasteiger partial charge is 0.388 e. The first kappa shape index (κ1) is 20.1. The maximum atomic E-state index is 9.94. The number of nitrogens with one attached hydrogen (secondary N) is 1. The molecule has 4 heteroatoms. The van der Waals surface area contributed by atoms with Crippen LogP contribution in [0.1, 0.15) is 30.4 Å². The lowest BCUT2D eigenvalue weighted by molar-refractivity contribution is -0.109. The minimum Gasteiger partial charge on any atom is -0.388 e. The van der Waals surface area contributed by atoms with E-state index in [2.05, 4.69) is 37.0 Å². The van der Waals surface area contributed by atoms with Gasteiger partial charge in [-0.05, 0) is 43.5 Å². The maximum absolute atomic E-state index is 9.94. The summed E-state index contributed by atoms with van der Waals surface area (Å²) < 4.78 is 0. The van der Waals surface area contributed by atoms with Crippen LogP contribution in [-0.4, -0.2) is 25.9 Å². The van der Waals surface area contributed by atoms with Gasteiger partial charge < -0.3 is 21.6 Å². The van der Waals surface area contributed by atoms with E-state index in [1.54, 1.807) is 6.08 Å². The van der Waals surface area contributed by atoms with Crippen LogP contribution in [0.15, 0.2) is 36.9 Å². The summed E-state index contributed by atoms with van der Waals surface area (Å²) >= 11 is 0. The molecule has 0 heterocycles. The third-order valence-corrected chi connectivity index (χ3v) is 3.22. The van der Waals surface area contributed by atoms with Crippen molar-refractivity contribution in [2.24, 2.45) is 11.5 Å². The van der Waals surface area contributed by atoms with Gasteiger partial charge in [-0.15, -0.1) is 0 Å². The molecule has 0 aliphatic rings. The summed E-state index contributed by atoms with van der Waals surface area (Å²) in [5.74, 6) is 0. The summed E-state index contributed by atoms with van der Waals surface area (Å²) in [5.41, 5.74) is 14.2. The number of benzene rings is 1. The van der Waals surface area contributed by atoms with E-state index in [1.807, 2.05) is 19.2 Å². The number of anilines is 1. The summed E-state index contributed by atoms with van der Waals surface area (Å²) in [4.78, 5) is 9.94. The van der Waals surface area contributed by atoms with Gasteiger partial charge in [-0.25, -0.2) is 0 Å². The van der Waals surface area contributed by atoms with Crippen molar-refractivity contribution in [3.63, 3.8) is 0 Å². The van der Waals surface area contributed by atoms with Crippen molar-refractivity contribution in [3.05, 3.63) is 48.1 Å². The average Bonchev–Trinajstić information content (AvgIpc) is 2.54. The molecule has 0 bridgehead atoms. The van der Waals surface area contributed by atoms with E-state index < -0.39 is 0 Å². The zero-order valence-electron chi connectivity index (χ0n) is 13.7. The van der Waals surface area contributed by atoms with Gasteiger partial charge in [0.15, 0.2) is 0 Å². The Morgan fingerprint density at radius 2 is 2.09 bits per heavy atom. The Morgan fingerprint density at radius 1 is 1.36 bits per heavy atom. The molecule has 0 amide bonds. The molecular formula is C18H29N3O. The van der Waals surface area contributed by atoms with E-state index in [4.69, 9.17) is 11.5 Å². The second kappa shape index (κ2) is 12.8. The zero-order chi connectivity index (χ0) is 16.8. The average molecular weight is 303 g/mol. The predicted octanol–water partition coefficient (Wildman–Crippen LogP) is 2.88. The summed E-state index contributed by atoms with van der Waals surface area (Å²) in [6.07, 6.45) is 9.24. The molecule has 1 rings (SSSR count). The molecule has 0 saturated carbocycles. The molecule has 0 saturated heterocycles. The first-order chi connectivity index (χ1) is 10.6. The van der Waals surface area contributed by atoms with Crippen LogP contribution in [0.2, 0.25) is 0 Å². The number of carbonyl (C=O) groups excluding carboxylic acids is 1. The topological polar surface area (TPSA) is 81.1 Å². The molecule has 4 nitrogen and oxygen atoms in total. The monoisotopic (exact) mass is 303 g/mol. The quantitative estimate of drug-likeness (QED) is 0.392. The van der Waals surface area contributed by atoms with E-state index in [0.717, 1.165) is 25.5 Å². The fraction of sp³-hybridized carbons (Fsp3) is 0.389. The number of nitrogens with two attached hydrogens (primary N) is 2. The van der Waals surface area contributed by atoms with Gasteiger partial charge in [0.05, 0.1) is 6.04 Å². The standard InChI is InChI=1S/C12H15N.C6H14N2O/c1-4-5-7-11-8-6-9-12(13-3)10(11)2;7-4-2-1-3-6(8)5-9/h4-9,13H,1H2,2-3H3;5-6H,1-4,7-8H2/b7-5-;. The molecule has 0 fully saturated rings. The lowest BCUT2D eigenvalue weighted by Gasteiger charge is -2.07. The predicted molar refractivity (Wildman–Crippen MR) is 96.9 cm³/mol. The highest BCUT2D eigenvalue weighted by Crippen LogP contribution is 2.19. The third kappa shape index (κ3) is 8.39. The number of unbranched alkanes of at least 4 members (excludes halogenated alkanes) is 1. The Labute approximate surface area is 134 Å². The van der Waals surface area contributed by atoms with Crippen molar-refractivity contribution in [1.29, 1.82) is 0 Å². The van der Waals surface area contributed by atoms with Gasteiger partial charge in [-0.1, -0.05) is 43.4 Å². The fourth-order valence-corrected chi connectivity index (χ4v) is 1.87. The third-order valence-electron chi connectivity index (χ3n) is 3.22. The van der Waals surface area contributed by atoms with Crippen LogP contribution in [0.5, 0.6) is 0 Å². The normalized spacial score (nSPS) is 11.5. The Hall–Kier alpha value is -1.91. The molecule has 0 aliphatic carbocycles. The highest BCUT2D eigenvalue weighted by atomic mass is 16.1. The number of aldehydes is 1.